The highest BCUT2D eigenvalue weighted by molar-refractivity contribution is 5.10. The molecule has 1 saturated heterocycles. The molecule has 1 aromatic rings. The number of aromatic nitrogens is 1. The lowest BCUT2D eigenvalue weighted by molar-refractivity contribution is -1.02. The van der Waals surface area contributed by atoms with Gasteiger partial charge in [-0.2, -0.15) is 0 Å². The van der Waals surface area contributed by atoms with Gasteiger partial charge in [-0.1, -0.05) is 12.2 Å². The normalized spacial score (nSPS) is 38.0. The van der Waals surface area contributed by atoms with E-state index in [-0.39, 0.29) is 0 Å². The summed E-state index contributed by atoms with van der Waals surface area (Å²) < 4.78 is 0. The average Bonchev–Trinajstić information content (AvgIpc) is 3.13. The Hall–Kier alpha value is -1.19. The Labute approximate surface area is 127 Å². The maximum atomic E-state index is 4.11. The summed E-state index contributed by atoms with van der Waals surface area (Å²) in [6.07, 6.45) is 11.7. The van der Waals surface area contributed by atoms with Crippen LogP contribution < -0.4 is 9.80 Å². The Balaban J connectivity index is 1.24. The van der Waals surface area contributed by atoms with Crippen molar-refractivity contribution in [3.8, 4) is 0 Å². The number of nitrogens with one attached hydrogen (secondary N) is 2. The van der Waals surface area contributed by atoms with E-state index in [2.05, 4.69) is 29.3 Å². The van der Waals surface area contributed by atoms with Crippen LogP contribution in [0.2, 0.25) is 0 Å². The summed E-state index contributed by atoms with van der Waals surface area (Å²) in [4.78, 5) is 7.72. The highest BCUT2D eigenvalue weighted by Crippen LogP contribution is 2.42. The van der Waals surface area contributed by atoms with Crippen LogP contribution in [0.5, 0.6) is 0 Å². The van der Waals surface area contributed by atoms with Gasteiger partial charge in [0.05, 0.1) is 6.54 Å². The lowest BCUT2D eigenvalue weighted by Gasteiger charge is -2.32. The molecular formula is C18H27N3+2. The summed E-state index contributed by atoms with van der Waals surface area (Å²) in [5.41, 5.74) is 1.43. The topological polar surface area (TPSA) is 21.8 Å². The molecule has 2 bridgehead atoms. The third kappa shape index (κ3) is 3.04. The molecule has 0 spiro atoms. The zero-order valence-corrected chi connectivity index (χ0v) is 12.8. The van der Waals surface area contributed by atoms with Gasteiger partial charge in [-0.05, 0) is 36.8 Å². The van der Waals surface area contributed by atoms with Gasteiger partial charge in [0.1, 0.15) is 32.7 Å². The smallest absolute Gasteiger partial charge is 0.127 e. The summed E-state index contributed by atoms with van der Waals surface area (Å²) in [5, 5.41) is 0. The number of fused-ring (bicyclic) bond motifs is 2. The summed E-state index contributed by atoms with van der Waals surface area (Å²) in [5.74, 6) is 2.83. The molecule has 1 aromatic heterocycles. The van der Waals surface area contributed by atoms with E-state index in [9.17, 15) is 0 Å². The van der Waals surface area contributed by atoms with Crippen molar-refractivity contribution < 1.29 is 9.80 Å². The third-order valence-corrected chi connectivity index (χ3v) is 5.83. The van der Waals surface area contributed by atoms with Crippen LogP contribution in [0.4, 0.5) is 0 Å². The van der Waals surface area contributed by atoms with Gasteiger partial charge in [0, 0.05) is 23.9 Å². The van der Waals surface area contributed by atoms with Crippen LogP contribution in [0.15, 0.2) is 36.7 Å². The first kappa shape index (κ1) is 13.5. The maximum absolute atomic E-state index is 4.11. The SMILES string of the molecule is C1=C[C@H]2C[C@@H]1C[C@@H]2C[NH+]1CC[NH+](Cc2ccncc2)CC1. The van der Waals surface area contributed by atoms with Crippen molar-refractivity contribution in [3.63, 3.8) is 0 Å². The lowest BCUT2D eigenvalue weighted by Crippen LogP contribution is -3.27. The molecule has 2 N–H and O–H groups in total. The molecule has 2 aliphatic carbocycles. The van der Waals surface area contributed by atoms with Crippen molar-refractivity contribution in [1.29, 1.82) is 0 Å². The first-order valence-electron chi connectivity index (χ1n) is 8.61. The van der Waals surface area contributed by atoms with Crippen molar-refractivity contribution >= 4 is 0 Å². The highest BCUT2D eigenvalue weighted by Gasteiger charge is 2.38. The van der Waals surface area contributed by atoms with Gasteiger partial charge in [0.25, 0.3) is 0 Å². The van der Waals surface area contributed by atoms with Crippen LogP contribution in [0.25, 0.3) is 0 Å². The predicted molar refractivity (Wildman–Crippen MR) is 83.0 cm³/mol. The molecule has 2 fully saturated rings. The van der Waals surface area contributed by atoms with Crippen molar-refractivity contribution in [2.45, 2.75) is 19.4 Å². The van der Waals surface area contributed by atoms with Crippen molar-refractivity contribution in [1.82, 2.24) is 4.98 Å². The van der Waals surface area contributed by atoms with E-state index in [4.69, 9.17) is 0 Å². The quantitative estimate of drug-likeness (QED) is 0.721. The van der Waals surface area contributed by atoms with Crippen LogP contribution in [-0.2, 0) is 6.54 Å². The van der Waals surface area contributed by atoms with Crippen molar-refractivity contribution in [3.05, 3.63) is 42.2 Å². The van der Waals surface area contributed by atoms with Crippen LogP contribution in [0, 0.1) is 17.8 Å². The molecule has 1 aliphatic heterocycles. The molecule has 4 rings (SSSR count). The predicted octanol–water partition coefficient (Wildman–Crippen LogP) is -0.423. The Morgan fingerprint density at radius 1 is 0.952 bits per heavy atom. The molecule has 1 saturated carbocycles. The highest BCUT2D eigenvalue weighted by atomic mass is 15.3. The first-order valence-corrected chi connectivity index (χ1v) is 8.61. The number of hydrogen-bond donors (Lipinski definition) is 2. The molecule has 3 aliphatic rings. The van der Waals surface area contributed by atoms with E-state index in [1.807, 2.05) is 17.3 Å². The standard InChI is InChI=1S/C18H25N3/c1-2-17-11-16(1)12-18(17)14-21-9-7-20(8-10-21)13-15-3-5-19-6-4-15/h1-6,16-18H,7-14H2/p+2/t16-,17+,18-/m1/s1. The third-order valence-electron chi connectivity index (χ3n) is 5.83. The summed E-state index contributed by atoms with van der Waals surface area (Å²) in [6, 6.07) is 4.32. The second kappa shape index (κ2) is 5.90. The Kier molecular flexibility index (Phi) is 3.78. The Morgan fingerprint density at radius 2 is 1.71 bits per heavy atom. The number of piperazine rings is 1. The molecule has 0 amide bonds. The van der Waals surface area contributed by atoms with E-state index >= 15 is 0 Å². The number of quaternary nitrogens is 2. The first-order chi connectivity index (χ1) is 10.4. The van der Waals surface area contributed by atoms with Crippen LogP contribution >= 0.6 is 0 Å². The molecule has 0 unspecified atom stereocenters. The fourth-order valence-electron chi connectivity index (χ4n) is 4.63. The largest absolute Gasteiger partial charge is 0.325 e. The van der Waals surface area contributed by atoms with E-state index in [1.165, 1.54) is 57.7 Å². The van der Waals surface area contributed by atoms with Crippen LogP contribution in [-0.4, -0.2) is 37.7 Å². The van der Waals surface area contributed by atoms with E-state index in [0.717, 1.165) is 17.8 Å². The number of pyridine rings is 1. The van der Waals surface area contributed by atoms with E-state index < -0.39 is 0 Å². The number of rotatable bonds is 4. The average molecular weight is 285 g/mol. The summed E-state index contributed by atoms with van der Waals surface area (Å²) in [6.45, 7) is 7.97. The zero-order chi connectivity index (χ0) is 14.1. The maximum Gasteiger partial charge on any atom is 0.127 e. The van der Waals surface area contributed by atoms with Gasteiger partial charge in [-0.15, -0.1) is 0 Å². The molecule has 3 nitrogen and oxygen atoms in total. The van der Waals surface area contributed by atoms with Gasteiger partial charge >= 0.3 is 0 Å². The number of nitrogens with zero attached hydrogens (tertiary/aromatic N) is 1. The van der Waals surface area contributed by atoms with E-state index in [1.54, 1.807) is 4.90 Å². The Morgan fingerprint density at radius 3 is 2.38 bits per heavy atom. The van der Waals surface area contributed by atoms with E-state index in [0.29, 0.717) is 0 Å². The molecule has 2 heterocycles. The monoisotopic (exact) mass is 285 g/mol. The summed E-state index contributed by atoms with van der Waals surface area (Å²) >= 11 is 0. The van der Waals surface area contributed by atoms with Gasteiger partial charge in [-0.25, -0.2) is 0 Å². The molecule has 3 atom stereocenters. The molecule has 21 heavy (non-hydrogen) atoms. The fraction of sp³-hybridized carbons (Fsp3) is 0.611. The molecule has 0 radical (unpaired) electrons. The minimum absolute atomic E-state index is 0.921. The Bertz CT molecular complexity index is 490. The second-order valence-corrected chi connectivity index (χ2v) is 7.28. The minimum atomic E-state index is 0.921. The van der Waals surface area contributed by atoms with Crippen LogP contribution in [0.3, 0.4) is 0 Å². The van der Waals surface area contributed by atoms with Crippen molar-refractivity contribution in [2.75, 3.05) is 32.7 Å². The van der Waals surface area contributed by atoms with Gasteiger partial charge < -0.3 is 9.80 Å². The van der Waals surface area contributed by atoms with Gasteiger partial charge in [-0.3, -0.25) is 4.98 Å². The molecule has 0 aromatic carbocycles. The fourth-order valence-corrected chi connectivity index (χ4v) is 4.63. The minimum Gasteiger partial charge on any atom is -0.325 e. The number of hydrogen-bond acceptors (Lipinski definition) is 1. The zero-order valence-electron chi connectivity index (χ0n) is 12.8. The van der Waals surface area contributed by atoms with Gasteiger partial charge in [0.2, 0.25) is 0 Å². The summed E-state index contributed by atoms with van der Waals surface area (Å²) in [7, 11) is 0. The molecular weight excluding hydrogens is 258 g/mol. The van der Waals surface area contributed by atoms with Crippen LogP contribution in [0.1, 0.15) is 18.4 Å². The number of allylic oxidation sites excluding steroid dienone is 2. The molecule has 3 heteroatoms. The van der Waals surface area contributed by atoms with Gasteiger partial charge in [0.15, 0.2) is 0 Å². The molecule has 112 valence electrons. The van der Waals surface area contributed by atoms with Crippen molar-refractivity contribution in [2.24, 2.45) is 17.8 Å². The second-order valence-electron chi connectivity index (χ2n) is 7.28. The lowest BCUT2D eigenvalue weighted by atomic mass is 9.93.